The minimum atomic E-state index is 0.0101. The predicted molar refractivity (Wildman–Crippen MR) is 55.7 cm³/mol. The van der Waals surface area contributed by atoms with E-state index in [9.17, 15) is 4.79 Å². The van der Waals surface area contributed by atoms with Crippen LogP contribution in [-0.4, -0.2) is 28.5 Å². The molecule has 0 saturated carbocycles. The highest BCUT2D eigenvalue weighted by Gasteiger charge is 2.03. The van der Waals surface area contributed by atoms with Crippen LogP contribution in [0.2, 0.25) is 0 Å². The van der Waals surface area contributed by atoms with Crippen molar-refractivity contribution >= 4 is 17.5 Å². The van der Waals surface area contributed by atoms with Gasteiger partial charge in [-0.15, -0.1) is 11.6 Å². The Morgan fingerprint density at radius 1 is 1.60 bits per heavy atom. The fourth-order valence-electron chi connectivity index (χ4n) is 1.07. The van der Waals surface area contributed by atoms with E-state index in [1.165, 1.54) is 0 Å². The van der Waals surface area contributed by atoms with Gasteiger partial charge >= 0.3 is 0 Å². The topological polar surface area (TPSA) is 68.0 Å². The van der Waals surface area contributed by atoms with Crippen LogP contribution in [0.5, 0.6) is 0 Å². The first kappa shape index (κ1) is 12.0. The van der Waals surface area contributed by atoms with E-state index in [0.717, 1.165) is 0 Å². The molecule has 84 valence electrons. The van der Waals surface area contributed by atoms with Crippen LogP contribution in [0.3, 0.4) is 0 Å². The van der Waals surface area contributed by atoms with Gasteiger partial charge in [0.1, 0.15) is 0 Å². The summed E-state index contributed by atoms with van der Waals surface area (Å²) in [4.78, 5) is 15.2. The van der Waals surface area contributed by atoms with Gasteiger partial charge in [-0.25, -0.2) is 0 Å². The number of alkyl halides is 1. The number of halogens is 1. The zero-order chi connectivity index (χ0) is 11.1. The molecule has 0 atom stereocenters. The van der Waals surface area contributed by atoms with E-state index < -0.39 is 0 Å². The Labute approximate surface area is 93.2 Å². The molecule has 1 aromatic heterocycles. The molecule has 1 aromatic rings. The molecule has 0 aliphatic rings. The lowest BCUT2D eigenvalue weighted by atomic mass is 10.3. The third kappa shape index (κ3) is 4.78. The summed E-state index contributed by atoms with van der Waals surface area (Å²) in [5.74, 6) is 1.68. The average molecular weight is 232 g/mol. The van der Waals surface area contributed by atoms with Crippen LogP contribution in [0.25, 0.3) is 0 Å². The molecule has 0 aliphatic heterocycles. The lowest BCUT2D eigenvalue weighted by molar-refractivity contribution is -0.121. The van der Waals surface area contributed by atoms with Crippen molar-refractivity contribution in [2.45, 2.75) is 26.2 Å². The molecule has 0 aliphatic carbocycles. The molecule has 1 rings (SSSR count). The van der Waals surface area contributed by atoms with Crippen molar-refractivity contribution in [2.24, 2.45) is 0 Å². The number of nitrogens with zero attached hydrogens (tertiary/aromatic N) is 2. The smallest absolute Gasteiger partial charge is 0.223 e. The molecule has 0 fully saturated rings. The second kappa shape index (κ2) is 6.40. The summed E-state index contributed by atoms with van der Waals surface area (Å²) in [5, 5.41) is 6.47. The second-order valence-corrected chi connectivity index (χ2v) is 3.50. The van der Waals surface area contributed by atoms with E-state index in [2.05, 4.69) is 15.5 Å². The molecule has 15 heavy (non-hydrogen) atoms. The molecular formula is C9H14ClN3O2. The number of aromatic nitrogens is 2. The van der Waals surface area contributed by atoms with Gasteiger partial charge in [-0.1, -0.05) is 5.16 Å². The normalized spacial score (nSPS) is 10.3. The molecule has 1 heterocycles. The summed E-state index contributed by atoms with van der Waals surface area (Å²) in [7, 11) is 0. The fraction of sp³-hybridized carbons (Fsp3) is 0.667. The van der Waals surface area contributed by atoms with Gasteiger partial charge in [0, 0.05) is 32.2 Å². The maximum atomic E-state index is 11.2. The van der Waals surface area contributed by atoms with Crippen LogP contribution in [0, 0.1) is 6.92 Å². The molecule has 5 nitrogen and oxygen atoms in total. The van der Waals surface area contributed by atoms with E-state index in [-0.39, 0.29) is 5.91 Å². The number of hydrogen-bond acceptors (Lipinski definition) is 4. The highest BCUT2D eigenvalue weighted by molar-refractivity contribution is 6.17. The zero-order valence-electron chi connectivity index (χ0n) is 8.62. The first-order chi connectivity index (χ1) is 7.22. The van der Waals surface area contributed by atoms with Crippen LogP contribution in [0.4, 0.5) is 0 Å². The molecule has 0 aromatic carbocycles. The molecule has 0 spiro atoms. The molecule has 1 N–H and O–H groups in total. The monoisotopic (exact) mass is 231 g/mol. The van der Waals surface area contributed by atoms with Crippen LogP contribution in [-0.2, 0) is 11.2 Å². The summed E-state index contributed by atoms with van der Waals surface area (Å²) < 4.78 is 4.80. The maximum absolute atomic E-state index is 11.2. The largest absolute Gasteiger partial charge is 0.356 e. The van der Waals surface area contributed by atoms with Crippen LogP contribution in [0.1, 0.15) is 24.6 Å². The molecule has 6 heteroatoms. The van der Waals surface area contributed by atoms with E-state index >= 15 is 0 Å². The SMILES string of the molecule is Cc1nc(CCNC(=O)CCCCl)no1. The standard InChI is InChI=1S/C9H14ClN3O2/c1-7-12-8(13-15-7)4-6-11-9(14)3-2-5-10/h2-6H2,1H3,(H,11,14). The molecular weight excluding hydrogens is 218 g/mol. The van der Waals surface area contributed by atoms with Crippen molar-refractivity contribution in [1.82, 2.24) is 15.5 Å². The highest BCUT2D eigenvalue weighted by atomic mass is 35.5. The lowest BCUT2D eigenvalue weighted by Crippen LogP contribution is -2.25. The Morgan fingerprint density at radius 2 is 2.40 bits per heavy atom. The summed E-state index contributed by atoms with van der Waals surface area (Å²) in [6, 6.07) is 0. The molecule has 0 saturated heterocycles. The molecule has 1 amide bonds. The minimum absolute atomic E-state index is 0.0101. The number of hydrogen-bond donors (Lipinski definition) is 1. The quantitative estimate of drug-likeness (QED) is 0.744. The summed E-state index contributed by atoms with van der Waals surface area (Å²) >= 11 is 5.47. The Balaban J connectivity index is 2.13. The Morgan fingerprint density at radius 3 is 3.00 bits per heavy atom. The van der Waals surface area contributed by atoms with Crippen LogP contribution < -0.4 is 5.32 Å². The van der Waals surface area contributed by atoms with E-state index in [4.69, 9.17) is 16.1 Å². The molecule has 0 bridgehead atoms. The van der Waals surface area contributed by atoms with Gasteiger partial charge in [-0.05, 0) is 6.42 Å². The Kier molecular flexibility index (Phi) is 5.10. The van der Waals surface area contributed by atoms with Crippen molar-refractivity contribution in [3.8, 4) is 0 Å². The van der Waals surface area contributed by atoms with E-state index in [0.29, 0.717) is 43.4 Å². The first-order valence-electron chi connectivity index (χ1n) is 4.84. The van der Waals surface area contributed by atoms with Crippen molar-refractivity contribution < 1.29 is 9.32 Å². The molecule has 0 radical (unpaired) electrons. The number of aryl methyl sites for hydroxylation is 1. The van der Waals surface area contributed by atoms with Gasteiger partial charge in [0.2, 0.25) is 11.8 Å². The van der Waals surface area contributed by atoms with Gasteiger partial charge in [0.15, 0.2) is 5.82 Å². The van der Waals surface area contributed by atoms with Gasteiger partial charge in [0.05, 0.1) is 0 Å². The zero-order valence-corrected chi connectivity index (χ0v) is 9.38. The van der Waals surface area contributed by atoms with Crippen LogP contribution >= 0.6 is 11.6 Å². The van der Waals surface area contributed by atoms with Crippen molar-refractivity contribution in [3.05, 3.63) is 11.7 Å². The number of rotatable bonds is 6. The minimum Gasteiger partial charge on any atom is -0.356 e. The van der Waals surface area contributed by atoms with Crippen molar-refractivity contribution in [1.29, 1.82) is 0 Å². The predicted octanol–water partition coefficient (Wildman–Crippen LogP) is 1.06. The summed E-state index contributed by atoms with van der Waals surface area (Å²) in [6.07, 6.45) is 1.76. The summed E-state index contributed by atoms with van der Waals surface area (Å²) in [5.41, 5.74) is 0. The average Bonchev–Trinajstić information content (AvgIpc) is 2.61. The fourth-order valence-corrected chi connectivity index (χ4v) is 1.21. The van der Waals surface area contributed by atoms with Gasteiger partial charge in [-0.2, -0.15) is 4.98 Å². The number of nitrogens with one attached hydrogen (secondary N) is 1. The van der Waals surface area contributed by atoms with Gasteiger partial charge in [0.25, 0.3) is 0 Å². The lowest BCUT2D eigenvalue weighted by Gasteiger charge is -2.01. The summed E-state index contributed by atoms with van der Waals surface area (Å²) in [6.45, 7) is 2.26. The maximum Gasteiger partial charge on any atom is 0.223 e. The number of amides is 1. The first-order valence-corrected chi connectivity index (χ1v) is 5.37. The van der Waals surface area contributed by atoms with E-state index in [1.807, 2.05) is 0 Å². The molecule has 0 unspecified atom stereocenters. The number of carbonyl (C=O) groups is 1. The van der Waals surface area contributed by atoms with Crippen molar-refractivity contribution in [2.75, 3.05) is 12.4 Å². The van der Waals surface area contributed by atoms with Gasteiger partial charge < -0.3 is 9.84 Å². The van der Waals surface area contributed by atoms with E-state index in [1.54, 1.807) is 6.92 Å². The van der Waals surface area contributed by atoms with Crippen molar-refractivity contribution in [3.63, 3.8) is 0 Å². The number of carbonyl (C=O) groups excluding carboxylic acids is 1. The Bertz CT molecular complexity index is 314. The van der Waals surface area contributed by atoms with Gasteiger partial charge in [-0.3, -0.25) is 4.79 Å². The third-order valence-corrected chi connectivity index (χ3v) is 2.05. The second-order valence-electron chi connectivity index (χ2n) is 3.12. The third-order valence-electron chi connectivity index (χ3n) is 1.78. The Hall–Kier alpha value is -1.10. The van der Waals surface area contributed by atoms with Crippen LogP contribution in [0.15, 0.2) is 4.52 Å². The highest BCUT2D eigenvalue weighted by Crippen LogP contribution is 1.95.